The van der Waals surface area contributed by atoms with Gasteiger partial charge < -0.3 is 15.4 Å². The Bertz CT molecular complexity index is 1030. The lowest BCUT2D eigenvalue weighted by atomic mass is 10.2. The van der Waals surface area contributed by atoms with E-state index in [4.69, 9.17) is 23.8 Å². The molecule has 0 bridgehead atoms. The Balaban J connectivity index is 1.71. The molecule has 9 heteroatoms. The molecule has 0 unspecified atom stereocenters. The van der Waals surface area contributed by atoms with E-state index in [1.54, 1.807) is 16.8 Å². The molecule has 0 radical (unpaired) electrons. The van der Waals surface area contributed by atoms with Crippen molar-refractivity contribution in [2.45, 2.75) is 27.0 Å². The second-order valence-electron chi connectivity index (χ2n) is 6.38. The van der Waals surface area contributed by atoms with E-state index in [0.29, 0.717) is 23.1 Å². The highest BCUT2D eigenvalue weighted by atomic mass is 35.5. The molecule has 3 rings (SSSR count). The molecular weight excluding hydrogens is 418 g/mol. The van der Waals surface area contributed by atoms with Crippen LogP contribution in [0, 0.1) is 13.8 Å². The first-order chi connectivity index (χ1) is 13.8. The molecule has 0 aliphatic rings. The molecule has 3 aromatic rings. The SMILES string of the molecule is Cc1ccc(OC(F)F)c(NC(=S)Nc2cc(C)n(Cc3ccccc3Cl)n2)c1. The minimum absolute atomic E-state index is 0.00943. The standard InChI is InChI=1S/C20H19ClF2N4OS/c1-12-7-8-17(28-19(22)23)16(9-12)24-20(29)25-18-10-13(2)27(26-18)11-14-5-3-4-6-15(14)21/h3-10,19H,11H2,1-2H3,(H2,24,25,26,29). The fourth-order valence-corrected chi connectivity index (χ4v) is 3.14. The molecule has 0 saturated heterocycles. The molecule has 1 aromatic heterocycles. The van der Waals surface area contributed by atoms with E-state index in [1.807, 2.05) is 44.2 Å². The van der Waals surface area contributed by atoms with Crippen molar-refractivity contribution < 1.29 is 13.5 Å². The van der Waals surface area contributed by atoms with Gasteiger partial charge in [-0.05, 0) is 55.4 Å². The van der Waals surface area contributed by atoms with Gasteiger partial charge in [-0.25, -0.2) is 0 Å². The zero-order chi connectivity index (χ0) is 21.0. The largest absolute Gasteiger partial charge is 0.433 e. The molecule has 29 heavy (non-hydrogen) atoms. The van der Waals surface area contributed by atoms with Gasteiger partial charge in [-0.1, -0.05) is 35.9 Å². The van der Waals surface area contributed by atoms with Gasteiger partial charge in [0.05, 0.1) is 12.2 Å². The van der Waals surface area contributed by atoms with E-state index in [-0.39, 0.29) is 10.9 Å². The summed E-state index contributed by atoms with van der Waals surface area (Å²) < 4.78 is 31.6. The number of alkyl halides is 2. The smallest absolute Gasteiger partial charge is 0.387 e. The average Bonchev–Trinajstić information content (AvgIpc) is 2.98. The summed E-state index contributed by atoms with van der Waals surface area (Å²) in [6.07, 6.45) is 0. The Morgan fingerprint density at radius 1 is 1.17 bits per heavy atom. The Morgan fingerprint density at radius 2 is 1.93 bits per heavy atom. The minimum Gasteiger partial charge on any atom is -0.433 e. The van der Waals surface area contributed by atoms with Gasteiger partial charge in [0, 0.05) is 16.8 Å². The Morgan fingerprint density at radius 3 is 2.66 bits per heavy atom. The zero-order valence-corrected chi connectivity index (χ0v) is 17.3. The number of halogens is 3. The molecule has 0 atom stereocenters. The maximum Gasteiger partial charge on any atom is 0.387 e. The van der Waals surface area contributed by atoms with Crippen molar-refractivity contribution in [3.63, 3.8) is 0 Å². The second kappa shape index (κ2) is 9.19. The summed E-state index contributed by atoms with van der Waals surface area (Å²) in [5.41, 5.74) is 3.07. The summed E-state index contributed by atoms with van der Waals surface area (Å²) in [6.45, 7) is 1.34. The van der Waals surface area contributed by atoms with Crippen LogP contribution in [0.1, 0.15) is 16.8 Å². The van der Waals surface area contributed by atoms with Gasteiger partial charge in [-0.3, -0.25) is 4.68 Å². The number of nitrogens with zero attached hydrogens (tertiary/aromatic N) is 2. The van der Waals surface area contributed by atoms with Gasteiger partial charge in [0.15, 0.2) is 10.9 Å². The van der Waals surface area contributed by atoms with E-state index in [9.17, 15) is 8.78 Å². The molecule has 0 aliphatic heterocycles. The van der Waals surface area contributed by atoms with Crippen LogP contribution >= 0.6 is 23.8 Å². The predicted molar refractivity (Wildman–Crippen MR) is 115 cm³/mol. The third-order valence-corrected chi connectivity index (χ3v) is 4.67. The Kier molecular flexibility index (Phi) is 6.66. The maximum absolute atomic E-state index is 12.6. The topological polar surface area (TPSA) is 51.1 Å². The molecule has 0 aliphatic carbocycles. The van der Waals surface area contributed by atoms with E-state index in [0.717, 1.165) is 16.8 Å². The fourth-order valence-electron chi connectivity index (χ4n) is 2.73. The Hall–Kier alpha value is -2.71. The average molecular weight is 437 g/mol. The number of rotatable bonds is 6. The molecule has 2 N–H and O–H groups in total. The van der Waals surface area contributed by atoms with Crippen LogP contribution in [-0.2, 0) is 6.54 Å². The number of hydrogen-bond donors (Lipinski definition) is 2. The highest BCUT2D eigenvalue weighted by molar-refractivity contribution is 7.80. The number of aryl methyl sites for hydroxylation is 2. The number of thiocarbonyl (C=S) groups is 1. The lowest BCUT2D eigenvalue weighted by Gasteiger charge is -2.14. The van der Waals surface area contributed by atoms with Gasteiger partial charge in [0.1, 0.15) is 5.75 Å². The number of hydrogen-bond acceptors (Lipinski definition) is 3. The van der Waals surface area contributed by atoms with Crippen LogP contribution in [0.4, 0.5) is 20.3 Å². The van der Waals surface area contributed by atoms with Gasteiger partial charge in [-0.2, -0.15) is 13.9 Å². The highest BCUT2D eigenvalue weighted by Gasteiger charge is 2.13. The van der Waals surface area contributed by atoms with E-state index < -0.39 is 6.61 Å². The quantitative estimate of drug-likeness (QED) is 0.492. The van der Waals surface area contributed by atoms with Crippen LogP contribution in [0.5, 0.6) is 5.75 Å². The number of aromatic nitrogens is 2. The summed E-state index contributed by atoms with van der Waals surface area (Å²) in [4.78, 5) is 0. The third kappa shape index (κ3) is 5.65. The Labute approximate surface area is 177 Å². The normalized spacial score (nSPS) is 10.8. The molecule has 1 heterocycles. The van der Waals surface area contributed by atoms with Gasteiger partial charge in [0.2, 0.25) is 0 Å². The van der Waals surface area contributed by atoms with Crippen molar-refractivity contribution in [1.29, 1.82) is 0 Å². The highest BCUT2D eigenvalue weighted by Crippen LogP contribution is 2.27. The lowest BCUT2D eigenvalue weighted by molar-refractivity contribution is -0.0493. The van der Waals surface area contributed by atoms with Crippen LogP contribution in [0.2, 0.25) is 5.02 Å². The predicted octanol–water partition coefficient (Wildman–Crippen LogP) is 5.61. The minimum atomic E-state index is -2.93. The lowest BCUT2D eigenvalue weighted by Crippen LogP contribution is -2.20. The molecule has 0 saturated carbocycles. The zero-order valence-electron chi connectivity index (χ0n) is 15.7. The molecule has 0 amide bonds. The molecule has 2 aromatic carbocycles. The van der Waals surface area contributed by atoms with Gasteiger partial charge in [-0.15, -0.1) is 0 Å². The molecule has 152 valence electrons. The first kappa shape index (κ1) is 21.0. The van der Waals surface area contributed by atoms with Crippen molar-refractivity contribution in [3.05, 3.63) is 70.4 Å². The number of benzene rings is 2. The van der Waals surface area contributed by atoms with Crippen LogP contribution in [0.15, 0.2) is 48.5 Å². The number of nitrogens with one attached hydrogen (secondary N) is 2. The van der Waals surface area contributed by atoms with Gasteiger partial charge >= 0.3 is 6.61 Å². The van der Waals surface area contributed by atoms with Crippen molar-refractivity contribution in [2.75, 3.05) is 10.6 Å². The summed E-state index contributed by atoms with van der Waals surface area (Å²) in [5, 5.41) is 11.2. The summed E-state index contributed by atoms with van der Waals surface area (Å²) >= 11 is 11.5. The van der Waals surface area contributed by atoms with E-state index >= 15 is 0 Å². The van der Waals surface area contributed by atoms with E-state index in [2.05, 4.69) is 20.5 Å². The van der Waals surface area contributed by atoms with Crippen molar-refractivity contribution in [3.8, 4) is 5.75 Å². The second-order valence-corrected chi connectivity index (χ2v) is 7.19. The van der Waals surface area contributed by atoms with Gasteiger partial charge in [0.25, 0.3) is 0 Å². The molecular formula is C20H19ClF2N4OS. The first-order valence-corrected chi connectivity index (χ1v) is 9.52. The van der Waals surface area contributed by atoms with Crippen molar-refractivity contribution >= 4 is 40.4 Å². The summed E-state index contributed by atoms with van der Waals surface area (Å²) in [7, 11) is 0. The van der Waals surface area contributed by atoms with Crippen LogP contribution in [0.25, 0.3) is 0 Å². The fraction of sp³-hybridized carbons (Fsp3) is 0.200. The number of ether oxygens (including phenoxy) is 1. The molecule has 0 spiro atoms. The summed E-state index contributed by atoms with van der Waals surface area (Å²) in [6, 6.07) is 14.2. The third-order valence-electron chi connectivity index (χ3n) is 4.10. The first-order valence-electron chi connectivity index (χ1n) is 8.73. The molecule has 5 nitrogen and oxygen atoms in total. The monoisotopic (exact) mass is 436 g/mol. The maximum atomic E-state index is 12.6. The summed E-state index contributed by atoms with van der Waals surface area (Å²) in [5.74, 6) is 0.534. The van der Waals surface area contributed by atoms with Crippen molar-refractivity contribution in [2.24, 2.45) is 0 Å². The van der Waals surface area contributed by atoms with Crippen LogP contribution in [0.3, 0.4) is 0 Å². The van der Waals surface area contributed by atoms with E-state index in [1.165, 1.54) is 6.07 Å². The van der Waals surface area contributed by atoms with Crippen molar-refractivity contribution in [1.82, 2.24) is 9.78 Å². The van der Waals surface area contributed by atoms with Crippen LogP contribution in [-0.4, -0.2) is 21.5 Å². The van der Waals surface area contributed by atoms with Crippen LogP contribution < -0.4 is 15.4 Å². The number of anilines is 2. The molecule has 0 fully saturated rings.